The number of ether oxygens (including phenoxy) is 1. The molecule has 1 rings (SSSR count). The third-order valence-electron chi connectivity index (χ3n) is 3.01. The van der Waals surface area contributed by atoms with Crippen molar-refractivity contribution in [2.24, 2.45) is 5.92 Å². The van der Waals surface area contributed by atoms with Crippen LogP contribution in [0.1, 0.15) is 44.5 Å². The van der Waals surface area contributed by atoms with Crippen LogP contribution in [0.25, 0.3) is 0 Å². The van der Waals surface area contributed by atoms with E-state index in [0.29, 0.717) is 24.1 Å². The highest BCUT2D eigenvalue weighted by molar-refractivity contribution is 5.95. The maximum atomic E-state index is 11.8. The van der Waals surface area contributed by atoms with E-state index in [2.05, 4.69) is 26.1 Å². The van der Waals surface area contributed by atoms with Gasteiger partial charge in [0.2, 0.25) is 0 Å². The normalized spacial score (nSPS) is 12.3. The molecule has 3 heteroatoms. The third kappa shape index (κ3) is 3.76. The zero-order valence-corrected chi connectivity index (χ0v) is 11.7. The topological polar surface area (TPSA) is 38.3 Å². The summed E-state index contributed by atoms with van der Waals surface area (Å²) < 4.78 is 5.07. The summed E-state index contributed by atoms with van der Waals surface area (Å²) in [4.78, 5) is 11.8. The van der Waals surface area contributed by atoms with Gasteiger partial charge in [0.25, 0.3) is 0 Å². The highest BCUT2D eigenvalue weighted by Gasteiger charge is 2.16. The molecular weight excluding hydrogens is 226 g/mol. The van der Waals surface area contributed by atoms with E-state index in [1.165, 1.54) is 0 Å². The van der Waals surface area contributed by atoms with Crippen LogP contribution in [-0.4, -0.2) is 18.6 Å². The highest BCUT2D eigenvalue weighted by Crippen LogP contribution is 2.20. The number of para-hydroxylation sites is 1. The summed E-state index contributed by atoms with van der Waals surface area (Å²) in [5.41, 5.74) is 1.47. The van der Waals surface area contributed by atoms with Gasteiger partial charge in [-0.05, 0) is 31.4 Å². The third-order valence-corrected chi connectivity index (χ3v) is 3.01. The first-order chi connectivity index (χ1) is 8.60. The van der Waals surface area contributed by atoms with E-state index in [1.54, 1.807) is 6.07 Å². The second-order valence-electron chi connectivity index (χ2n) is 4.67. The molecule has 3 nitrogen and oxygen atoms in total. The number of nitrogens with one attached hydrogen (secondary N) is 1. The molecule has 0 fully saturated rings. The summed E-state index contributed by atoms with van der Waals surface area (Å²) >= 11 is 0. The molecule has 1 N–H and O–H groups in total. The van der Waals surface area contributed by atoms with Crippen LogP contribution in [0, 0.1) is 5.92 Å². The van der Waals surface area contributed by atoms with E-state index in [9.17, 15) is 4.79 Å². The van der Waals surface area contributed by atoms with E-state index >= 15 is 0 Å². The average molecular weight is 249 g/mol. The molecule has 0 radical (unpaired) electrons. The number of carbonyl (C=O) groups excluding carboxylic acids is 1. The van der Waals surface area contributed by atoms with Gasteiger partial charge >= 0.3 is 5.97 Å². The lowest BCUT2D eigenvalue weighted by Crippen LogP contribution is -2.25. The van der Waals surface area contributed by atoms with Gasteiger partial charge in [0.05, 0.1) is 12.2 Å². The fourth-order valence-electron chi connectivity index (χ4n) is 1.94. The molecule has 1 unspecified atom stereocenters. The molecule has 0 bridgehead atoms. The number of benzene rings is 1. The molecule has 100 valence electrons. The first-order valence-electron chi connectivity index (χ1n) is 6.62. The molecule has 1 aromatic carbocycles. The molecule has 0 aliphatic rings. The predicted octanol–water partition coefficient (Wildman–Crippen LogP) is 3.71. The van der Waals surface area contributed by atoms with Crippen molar-refractivity contribution in [2.45, 2.75) is 40.2 Å². The number of hydrogen-bond donors (Lipinski definition) is 1. The van der Waals surface area contributed by atoms with Gasteiger partial charge in [-0.15, -0.1) is 0 Å². The minimum Gasteiger partial charge on any atom is -0.462 e. The van der Waals surface area contributed by atoms with Crippen molar-refractivity contribution in [1.82, 2.24) is 0 Å². The number of hydrogen-bond acceptors (Lipinski definition) is 3. The fourth-order valence-corrected chi connectivity index (χ4v) is 1.94. The minimum absolute atomic E-state index is 0.265. The van der Waals surface area contributed by atoms with Gasteiger partial charge in [-0.25, -0.2) is 4.79 Å². The number of carbonyl (C=O) groups is 1. The Morgan fingerprint density at radius 2 is 1.94 bits per heavy atom. The van der Waals surface area contributed by atoms with Gasteiger partial charge in [0, 0.05) is 11.7 Å². The largest absolute Gasteiger partial charge is 0.462 e. The monoisotopic (exact) mass is 249 g/mol. The predicted molar refractivity (Wildman–Crippen MR) is 74.9 cm³/mol. The summed E-state index contributed by atoms with van der Waals surface area (Å²) in [6.45, 7) is 8.71. The van der Waals surface area contributed by atoms with E-state index in [0.717, 1.165) is 12.1 Å². The van der Waals surface area contributed by atoms with Gasteiger partial charge in [-0.1, -0.05) is 32.9 Å². The van der Waals surface area contributed by atoms with Gasteiger partial charge in [0.1, 0.15) is 0 Å². The SMILES string of the molecule is CCOC(=O)c1ccccc1NC(CC)C(C)C. The Kier molecular flexibility index (Phi) is 5.69. The van der Waals surface area contributed by atoms with Crippen LogP contribution in [0.3, 0.4) is 0 Å². The zero-order chi connectivity index (χ0) is 13.5. The molecule has 1 aromatic rings. The van der Waals surface area contributed by atoms with Crippen molar-refractivity contribution in [3.8, 4) is 0 Å². The standard InChI is InChI=1S/C15H23NO2/c1-5-13(11(3)4)16-14-10-8-7-9-12(14)15(17)18-6-2/h7-11,13,16H,5-6H2,1-4H3. The second kappa shape index (κ2) is 7.04. The molecule has 0 aromatic heterocycles. The van der Waals surface area contributed by atoms with Crippen molar-refractivity contribution >= 4 is 11.7 Å². The van der Waals surface area contributed by atoms with Crippen LogP contribution >= 0.6 is 0 Å². The summed E-state index contributed by atoms with van der Waals surface area (Å²) in [6, 6.07) is 7.87. The lowest BCUT2D eigenvalue weighted by molar-refractivity contribution is 0.0527. The Labute approximate surface area is 110 Å². The summed E-state index contributed by atoms with van der Waals surface area (Å²) in [5, 5.41) is 3.44. The van der Waals surface area contributed by atoms with Crippen LogP contribution in [-0.2, 0) is 4.74 Å². The van der Waals surface area contributed by atoms with Gasteiger partial charge in [-0.2, -0.15) is 0 Å². The van der Waals surface area contributed by atoms with Crippen molar-refractivity contribution in [2.75, 3.05) is 11.9 Å². The molecule has 0 amide bonds. The van der Waals surface area contributed by atoms with Gasteiger partial charge in [0.15, 0.2) is 0 Å². The minimum atomic E-state index is -0.265. The first kappa shape index (κ1) is 14.6. The Morgan fingerprint density at radius 1 is 1.28 bits per heavy atom. The number of esters is 1. The average Bonchev–Trinajstić information content (AvgIpc) is 2.36. The summed E-state index contributed by atoms with van der Waals surface area (Å²) in [7, 11) is 0. The molecule has 0 heterocycles. The summed E-state index contributed by atoms with van der Waals surface area (Å²) in [6.07, 6.45) is 1.02. The maximum Gasteiger partial charge on any atom is 0.340 e. The summed E-state index contributed by atoms with van der Waals surface area (Å²) in [5.74, 6) is 0.254. The highest BCUT2D eigenvalue weighted by atomic mass is 16.5. The molecule has 0 spiro atoms. The molecule has 1 atom stereocenters. The molecule has 0 aliphatic carbocycles. The Balaban J connectivity index is 2.91. The van der Waals surface area contributed by atoms with Crippen LogP contribution in [0.2, 0.25) is 0 Å². The van der Waals surface area contributed by atoms with E-state index in [4.69, 9.17) is 4.74 Å². The van der Waals surface area contributed by atoms with Gasteiger partial charge < -0.3 is 10.1 Å². The van der Waals surface area contributed by atoms with Crippen molar-refractivity contribution in [3.63, 3.8) is 0 Å². The van der Waals surface area contributed by atoms with Crippen molar-refractivity contribution in [3.05, 3.63) is 29.8 Å². The van der Waals surface area contributed by atoms with Gasteiger partial charge in [-0.3, -0.25) is 0 Å². The lowest BCUT2D eigenvalue weighted by Gasteiger charge is -2.23. The number of anilines is 1. The molecule has 18 heavy (non-hydrogen) atoms. The van der Waals surface area contributed by atoms with E-state index in [1.807, 2.05) is 25.1 Å². The second-order valence-corrected chi connectivity index (χ2v) is 4.67. The molecular formula is C15H23NO2. The Bertz CT molecular complexity index is 388. The zero-order valence-electron chi connectivity index (χ0n) is 11.7. The Hall–Kier alpha value is -1.51. The van der Waals surface area contributed by atoms with Crippen LogP contribution in [0.4, 0.5) is 5.69 Å². The maximum absolute atomic E-state index is 11.8. The van der Waals surface area contributed by atoms with E-state index in [-0.39, 0.29) is 5.97 Å². The van der Waals surface area contributed by atoms with Crippen molar-refractivity contribution in [1.29, 1.82) is 0 Å². The smallest absolute Gasteiger partial charge is 0.340 e. The molecule has 0 saturated heterocycles. The quantitative estimate of drug-likeness (QED) is 0.781. The lowest BCUT2D eigenvalue weighted by atomic mass is 10.0. The van der Waals surface area contributed by atoms with Crippen LogP contribution in [0.5, 0.6) is 0 Å². The van der Waals surface area contributed by atoms with Crippen molar-refractivity contribution < 1.29 is 9.53 Å². The molecule has 0 aliphatic heterocycles. The van der Waals surface area contributed by atoms with Crippen LogP contribution < -0.4 is 5.32 Å². The number of rotatable bonds is 6. The van der Waals surface area contributed by atoms with Crippen LogP contribution in [0.15, 0.2) is 24.3 Å². The Morgan fingerprint density at radius 3 is 2.50 bits per heavy atom. The van der Waals surface area contributed by atoms with E-state index < -0.39 is 0 Å². The fraction of sp³-hybridized carbons (Fsp3) is 0.533. The first-order valence-corrected chi connectivity index (χ1v) is 6.62. The molecule has 0 saturated carbocycles.